The minimum atomic E-state index is -0.793. The fraction of sp³-hybridized carbons (Fsp3) is 0.556. The van der Waals surface area contributed by atoms with Crippen LogP contribution in [0.5, 0.6) is 0 Å². The third-order valence-electron chi connectivity index (χ3n) is 1.66. The number of amides is 1. The first-order valence-corrected chi connectivity index (χ1v) is 5.72. The van der Waals surface area contributed by atoms with Crippen LogP contribution in [0.15, 0.2) is 4.99 Å². The number of hydrogen-bond acceptors (Lipinski definition) is 5. The van der Waals surface area contributed by atoms with E-state index in [9.17, 15) is 9.59 Å². The predicted molar refractivity (Wildman–Crippen MR) is 59.7 cm³/mol. The molecule has 0 aliphatic carbocycles. The van der Waals surface area contributed by atoms with Gasteiger partial charge in [0.2, 0.25) is 12.1 Å². The summed E-state index contributed by atoms with van der Waals surface area (Å²) in [7, 11) is 0. The molecule has 5 nitrogen and oxygen atoms in total. The Morgan fingerprint density at radius 1 is 1.73 bits per heavy atom. The molecule has 82 valence electrons. The Bertz CT molecular complexity index is 296. The van der Waals surface area contributed by atoms with Crippen molar-refractivity contribution >= 4 is 29.7 Å². The van der Waals surface area contributed by atoms with Gasteiger partial charge in [-0.1, -0.05) is 0 Å². The summed E-state index contributed by atoms with van der Waals surface area (Å²) in [5.41, 5.74) is 0.296. The average Bonchev–Trinajstić information content (AvgIpc) is 2.23. The highest BCUT2D eigenvalue weighted by Crippen LogP contribution is 1.96. The Balaban J connectivity index is 4.22. The molecule has 0 saturated carbocycles. The van der Waals surface area contributed by atoms with E-state index in [4.69, 9.17) is 5.26 Å². The van der Waals surface area contributed by atoms with Gasteiger partial charge in [-0.15, -0.1) is 0 Å². The quantitative estimate of drug-likeness (QED) is 0.403. The largest absolute Gasteiger partial charge is 0.341 e. The molecule has 0 aromatic heterocycles. The van der Waals surface area contributed by atoms with Crippen LogP contribution in [0, 0.1) is 11.5 Å². The highest BCUT2D eigenvalue weighted by molar-refractivity contribution is 7.98. The maximum Gasteiger partial charge on any atom is 0.221 e. The van der Waals surface area contributed by atoms with Crippen molar-refractivity contribution < 1.29 is 9.59 Å². The number of rotatable bonds is 6. The topological polar surface area (TPSA) is 82.3 Å². The lowest BCUT2D eigenvalue weighted by Gasteiger charge is -2.10. The van der Waals surface area contributed by atoms with Crippen LogP contribution in [0.2, 0.25) is 0 Å². The van der Waals surface area contributed by atoms with Crippen molar-refractivity contribution in [3.8, 4) is 6.19 Å². The van der Waals surface area contributed by atoms with Crippen molar-refractivity contribution in [3.05, 3.63) is 0 Å². The third kappa shape index (κ3) is 5.86. The zero-order valence-electron chi connectivity index (χ0n) is 8.69. The molecule has 1 N–H and O–H groups in total. The van der Waals surface area contributed by atoms with Crippen LogP contribution in [-0.4, -0.2) is 36.0 Å². The van der Waals surface area contributed by atoms with E-state index in [0.29, 0.717) is 24.2 Å². The van der Waals surface area contributed by atoms with Crippen molar-refractivity contribution in [2.45, 2.75) is 19.4 Å². The Labute approximate surface area is 92.9 Å². The van der Waals surface area contributed by atoms with Crippen molar-refractivity contribution in [1.82, 2.24) is 5.32 Å². The zero-order valence-corrected chi connectivity index (χ0v) is 9.50. The molecule has 0 radical (unpaired) electrons. The van der Waals surface area contributed by atoms with Crippen molar-refractivity contribution in [2.75, 3.05) is 12.0 Å². The number of aliphatic imine (C=N–C) groups is 1. The first-order chi connectivity index (χ1) is 7.15. The molecule has 0 bridgehead atoms. The first-order valence-electron chi connectivity index (χ1n) is 4.32. The molecule has 6 heteroatoms. The molecule has 0 heterocycles. The predicted octanol–water partition coefficient (Wildman–Crippen LogP) is 0.365. The maximum atomic E-state index is 11.3. The number of nitriles is 1. The summed E-state index contributed by atoms with van der Waals surface area (Å²) in [6.45, 7) is 1.52. The summed E-state index contributed by atoms with van der Waals surface area (Å²) in [5, 5.41) is 10.8. The number of carbonyl (C=O) groups is 2. The standard InChI is InChI=1S/C9H13N3O2S/c1-7(11-6-10)8(5-13)12-9(14)3-4-15-2/h5,8H,3-4H2,1-2H3,(H,12,14). The van der Waals surface area contributed by atoms with Crippen LogP contribution >= 0.6 is 11.8 Å². The van der Waals surface area contributed by atoms with Gasteiger partial charge in [0, 0.05) is 12.2 Å². The fourth-order valence-corrected chi connectivity index (χ4v) is 1.22. The van der Waals surface area contributed by atoms with Gasteiger partial charge in [-0.3, -0.25) is 4.79 Å². The first kappa shape index (κ1) is 13.7. The molecular formula is C9H13N3O2S. The average molecular weight is 227 g/mol. The van der Waals surface area contributed by atoms with Crippen LogP contribution in [-0.2, 0) is 9.59 Å². The zero-order chi connectivity index (χ0) is 11.7. The Kier molecular flexibility index (Phi) is 7.28. The second-order valence-electron chi connectivity index (χ2n) is 2.78. The molecule has 0 spiro atoms. The van der Waals surface area contributed by atoms with Gasteiger partial charge in [-0.2, -0.15) is 22.0 Å². The van der Waals surface area contributed by atoms with Crippen molar-refractivity contribution in [1.29, 1.82) is 5.26 Å². The summed E-state index contributed by atoms with van der Waals surface area (Å²) < 4.78 is 0. The van der Waals surface area contributed by atoms with Gasteiger partial charge in [0.1, 0.15) is 12.3 Å². The minimum absolute atomic E-state index is 0.214. The third-order valence-corrected chi connectivity index (χ3v) is 2.27. The number of hydrogen-bond donors (Lipinski definition) is 1. The number of nitrogens with zero attached hydrogens (tertiary/aromatic N) is 2. The summed E-state index contributed by atoms with van der Waals surface area (Å²) >= 11 is 1.55. The van der Waals surface area contributed by atoms with E-state index in [1.54, 1.807) is 18.0 Å². The lowest BCUT2D eigenvalue weighted by molar-refractivity contribution is -0.122. The van der Waals surface area contributed by atoms with Crippen LogP contribution < -0.4 is 5.32 Å². The van der Waals surface area contributed by atoms with Gasteiger partial charge in [-0.25, -0.2) is 0 Å². The molecule has 0 aromatic carbocycles. The van der Waals surface area contributed by atoms with E-state index in [1.807, 2.05) is 6.26 Å². The molecular weight excluding hydrogens is 214 g/mol. The van der Waals surface area contributed by atoms with E-state index in [-0.39, 0.29) is 5.91 Å². The molecule has 0 rings (SSSR count). The molecule has 0 aromatic rings. The monoisotopic (exact) mass is 227 g/mol. The number of aldehydes is 1. The summed E-state index contributed by atoms with van der Waals surface area (Å²) in [6, 6.07) is -0.793. The summed E-state index contributed by atoms with van der Waals surface area (Å²) in [6.07, 6.45) is 4.38. The second-order valence-corrected chi connectivity index (χ2v) is 3.76. The SMILES string of the molecule is CSCCC(=O)NC(C=O)C(C)=NC#N. The lowest BCUT2D eigenvalue weighted by atomic mass is 10.2. The normalized spacial score (nSPS) is 12.7. The van der Waals surface area contributed by atoms with E-state index >= 15 is 0 Å². The van der Waals surface area contributed by atoms with Crippen LogP contribution in [0.25, 0.3) is 0 Å². The van der Waals surface area contributed by atoms with E-state index < -0.39 is 6.04 Å². The van der Waals surface area contributed by atoms with Crippen LogP contribution in [0.4, 0.5) is 0 Å². The molecule has 1 unspecified atom stereocenters. The maximum absolute atomic E-state index is 11.3. The van der Waals surface area contributed by atoms with Gasteiger partial charge in [0.05, 0.1) is 5.71 Å². The number of nitrogens with one attached hydrogen (secondary N) is 1. The highest BCUT2D eigenvalue weighted by atomic mass is 32.2. The highest BCUT2D eigenvalue weighted by Gasteiger charge is 2.13. The summed E-state index contributed by atoms with van der Waals surface area (Å²) in [4.78, 5) is 25.3. The Hall–Kier alpha value is -1.35. The van der Waals surface area contributed by atoms with Crippen molar-refractivity contribution in [2.24, 2.45) is 4.99 Å². The van der Waals surface area contributed by atoms with Crippen LogP contribution in [0.3, 0.4) is 0 Å². The smallest absolute Gasteiger partial charge is 0.221 e. The molecule has 0 saturated heterocycles. The fourth-order valence-electron chi connectivity index (χ4n) is 0.826. The van der Waals surface area contributed by atoms with E-state index in [2.05, 4.69) is 10.3 Å². The Morgan fingerprint density at radius 2 is 2.40 bits per heavy atom. The molecule has 0 aliphatic heterocycles. The molecule has 1 amide bonds. The summed E-state index contributed by atoms with van der Waals surface area (Å²) in [5.74, 6) is 0.486. The van der Waals surface area contributed by atoms with E-state index in [0.717, 1.165) is 0 Å². The molecule has 15 heavy (non-hydrogen) atoms. The van der Waals surface area contributed by atoms with E-state index in [1.165, 1.54) is 6.92 Å². The minimum Gasteiger partial charge on any atom is -0.341 e. The molecule has 0 aliphatic rings. The van der Waals surface area contributed by atoms with Gasteiger partial charge >= 0.3 is 0 Å². The van der Waals surface area contributed by atoms with Gasteiger partial charge in [0.25, 0.3) is 0 Å². The molecule has 0 fully saturated rings. The van der Waals surface area contributed by atoms with Gasteiger partial charge in [-0.05, 0) is 13.2 Å². The Morgan fingerprint density at radius 3 is 2.87 bits per heavy atom. The number of carbonyl (C=O) groups excluding carboxylic acids is 2. The molecule has 1 atom stereocenters. The van der Waals surface area contributed by atoms with Gasteiger partial charge in [0.15, 0.2) is 0 Å². The lowest BCUT2D eigenvalue weighted by Crippen LogP contribution is -2.41. The van der Waals surface area contributed by atoms with Crippen LogP contribution in [0.1, 0.15) is 13.3 Å². The van der Waals surface area contributed by atoms with Crippen molar-refractivity contribution in [3.63, 3.8) is 0 Å². The second kappa shape index (κ2) is 8.00. The number of thioether (sulfide) groups is 1. The van der Waals surface area contributed by atoms with Gasteiger partial charge < -0.3 is 10.1 Å².